The van der Waals surface area contributed by atoms with Crippen LogP contribution in [0.1, 0.15) is 18.2 Å². The third-order valence-corrected chi connectivity index (χ3v) is 4.06. The standard InChI is InChI=1S/C22H26N4O2.HI/c1-3-23-22(24-13-14-27-20-12-8-7-9-17(20)2)25-15-19-16-28-21(26-19)18-10-5-4-6-11-18;/h4-12,16H,3,13-15H2,1-2H3,(H2,23,24,25);1H. The fourth-order valence-corrected chi connectivity index (χ4v) is 2.64. The number of rotatable bonds is 8. The SMILES string of the molecule is CCNC(=NCc1coc(-c2ccccc2)n1)NCCOc1ccccc1C.I. The van der Waals surface area contributed by atoms with Crippen LogP contribution in [0.4, 0.5) is 0 Å². The van der Waals surface area contributed by atoms with Gasteiger partial charge in [0, 0.05) is 12.1 Å². The first-order valence-electron chi connectivity index (χ1n) is 9.46. The molecular weight excluding hydrogens is 479 g/mol. The Kier molecular flexibility index (Phi) is 9.49. The van der Waals surface area contributed by atoms with Crippen LogP contribution in [0.5, 0.6) is 5.75 Å². The van der Waals surface area contributed by atoms with E-state index in [1.165, 1.54) is 0 Å². The Morgan fingerprint density at radius 2 is 1.83 bits per heavy atom. The minimum Gasteiger partial charge on any atom is -0.491 e. The van der Waals surface area contributed by atoms with Gasteiger partial charge in [-0.3, -0.25) is 0 Å². The van der Waals surface area contributed by atoms with E-state index >= 15 is 0 Å². The quantitative estimate of drug-likeness (QED) is 0.205. The fourth-order valence-electron chi connectivity index (χ4n) is 2.64. The van der Waals surface area contributed by atoms with Crippen LogP contribution in [0, 0.1) is 6.92 Å². The largest absolute Gasteiger partial charge is 0.491 e. The van der Waals surface area contributed by atoms with Crippen LogP contribution in [0.25, 0.3) is 11.5 Å². The summed E-state index contributed by atoms with van der Waals surface area (Å²) < 4.78 is 11.4. The summed E-state index contributed by atoms with van der Waals surface area (Å²) in [6, 6.07) is 17.8. The van der Waals surface area contributed by atoms with Crippen LogP contribution in [-0.4, -0.2) is 30.6 Å². The lowest BCUT2D eigenvalue weighted by molar-refractivity contribution is 0.320. The van der Waals surface area contributed by atoms with Crippen molar-refractivity contribution in [1.82, 2.24) is 15.6 Å². The Bertz CT molecular complexity index is 897. The van der Waals surface area contributed by atoms with Gasteiger partial charge in [-0.2, -0.15) is 0 Å². The summed E-state index contributed by atoms with van der Waals surface area (Å²) in [5.41, 5.74) is 2.87. The molecular formula is C22H27IN4O2. The Balaban J connectivity index is 0.00000300. The molecule has 2 N–H and O–H groups in total. The van der Waals surface area contributed by atoms with Gasteiger partial charge in [-0.25, -0.2) is 9.98 Å². The van der Waals surface area contributed by atoms with Crippen molar-refractivity contribution in [2.24, 2.45) is 4.99 Å². The first-order valence-corrected chi connectivity index (χ1v) is 9.46. The summed E-state index contributed by atoms with van der Waals surface area (Å²) in [4.78, 5) is 9.07. The molecule has 0 bridgehead atoms. The highest BCUT2D eigenvalue weighted by Crippen LogP contribution is 2.18. The first-order chi connectivity index (χ1) is 13.8. The van der Waals surface area contributed by atoms with Crippen molar-refractivity contribution in [2.75, 3.05) is 19.7 Å². The highest BCUT2D eigenvalue weighted by molar-refractivity contribution is 14.0. The molecule has 29 heavy (non-hydrogen) atoms. The number of guanidine groups is 1. The predicted octanol–water partition coefficient (Wildman–Crippen LogP) is 4.40. The molecule has 0 atom stereocenters. The normalized spacial score (nSPS) is 10.9. The van der Waals surface area contributed by atoms with Crippen molar-refractivity contribution >= 4 is 29.9 Å². The van der Waals surface area contributed by atoms with Gasteiger partial charge in [-0.05, 0) is 37.6 Å². The maximum absolute atomic E-state index is 5.81. The number of nitrogens with zero attached hydrogens (tertiary/aromatic N) is 2. The molecule has 3 aromatic rings. The van der Waals surface area contributed by atoms with Crippen LogP contribution in [0.2, 0.25) is 0 Å². The second-order valence-corrected chi connectivity index (χ2v) is 6.25. The molecule has 154 valence electrons. The topological polar surface area (TPSA) is 71.7 Å². The maximum Gasteiger partial charge on any atom is 0.226 e. The molecule has 0 fully saturated rings. The molecule has 3 rings (SSSR count). The molecule has 1 heterocycles. The third-order valence-electron chi connectivity index (χ3n) is 4.06. The molecule has 0 aliphatic carbocycles. The lowest BCUT2D eigenvalue weighted by Crippen LogP contribution is -2.39. The molecule has 0 saturated carbocycles. The second kappa shape index (κ2) is 12.1. The Morgan fingerprint density at radius 3 is 2.59 bits per heavy atom. The molecule has 0 aliphatic heterocycles. The van der Waals surface area contributed by atoms with E-state index in [1.807, 2.05) is 68.4 Å². The van der Waals surface area contributed by atoms with Crippen molar-refractivity contribution in [2.45, 2.75) is 20.4 Å². The summed E-state index contributed by atoms with van der Waals surface area (Å²) >= 11 is 0. The van der Waals surface area contributed by atoms with E-state index in [2.05, 4.69) is 20.6 Å². The lowest BCUT2D eigenvalue weighted by atomic mass is 10.2. The van der Waals surface area contributed by atoms with Crippen LogP contribution in [-0.2, 0) is 6.54 Å². The zero-order valence-electron chi connectivity index (χ0n) is 16.7. The van der Waals surface area contributed by atoms with E-state index in [9.17, 15) is 0 Å². The monoisotopic (exact) mass is 506 g/mol. The minimum atomic E-state index is 0. The Hall–Kier alpha value is -2.55. The van der Waals surface area contributed by atoms with Crippen molar-refractivity contribution in [3.8, 4) is 17.2 Å². The molecule has 0 spiro atoms. The summed E-state index contributed by atoms with van der Waals surface area (Å²) in [7, 11) is 0. The second-order valence-electron chi connectivity index (χ2n) is 6.25. The van der Waals surface area contributed by atoms with Gasteiger partial charge < -0.3 is 19.8 Å². The Morgan fingerprint density at radius 1 is 1.07 bits per heavy atom. The van der Waals surface area contributed by atoms with E-state index < -0.39 is 0 Å². The lowest BCUT2D eigenvalue weighted by Gasteiger charge is -2.12. The summed E-state index contributed by atoms with van der Waals surface area (Å²) in [5.74, 6) is 2.23. The van der Waals surface area contributed by atoms with E-state index in [0.717, 1.165) is 35.1 Å². The number of hydrogen-bond donors (Lipinski definition) is 2. The van der Waals surface area contributed by atoms with Crippen LogP contribution in [0.15, 0.2) is 70.3 Å². The molecule has 7 heteroatoms. The number of oxazole rings is 1. The van der Waals surface area contributed by atoms with Gasteiger partial charge in [0.05, 0.1) is 13.1 Å². The Labute approximate surface area is 188 Å². The highest BCUT2D eigenvalue weighted by Gasteiger charge is 2.06. The van der Waals surface area contributed by atoms with Gasteiger partial charge in [0.2, 0.25) is 5.89 Å². The number of aliphatic imine (C=N–C) groups is 1. The van der Waals surface area contributed by atoms with E-state index in [-0.39, 0.29) is 24.0 Å². The van der Waals surface area contributed by atoms with Crippen molar-refractivity contribution in [1.29, 1.82) is 0 Å². The third kappa shape index (κ3) is 7.08. The van der Waals surface area contributed by atoms with Crippen molar-refractivity contribution in [3.63, 3.8) is 0 Å². The van der Waals surface area contributed by atoms with Crippen molar-refractivity contribution in [3.05, 3.63) is 72.1 Å². The first kappa shape index (κ1) is 22.7. The van der Waals surface area contributed by atoms with Crippen LogP contribution >= 0.6 is 24.0 Å². The molecule has 1 aromatic heterocycles. The number of para-hydroxylation sites is 1. The van der Waals surface area contributed by atoms with Gasteiger partial charge in [-0.15, -0.1) is 24.0 Å². The number of ether oxygens (including phenoxy) is 1. The average molecular weight is 506 g/mol. The number of hydrogen-bond acceptors (Lipinski definition) is 4. The van der Waals surface area contributed by atoms with E-state index in [4.69, 9.17) is 9.15 Å². The van der Waals surface area contributed by atoms with Gasteiger partial charge in [-0.1, -0.05) is 36.4 Å². The molecule has 0 unspecified atom stereocenters. The number of benzene rings is 2. The zero-order valence-corrected chi connectivity index (χ0v) is 19.1. The number of aromatic nitrogens is 1. The van der Waals surface area contributed by atoms with Gasteiger partial charge in [0.15, 0.2) is 5.96 Å². The molecule has 0 saturated heterocycles. The van der Waals surface area contributed by atoms with Gasteiger partial charge in [0.1, 0.15) is 24.3 Å². The van der Waals surface area contributed by atoms with E-state index in [1.54, 1.807) is 6.26 Å². The predicted molar refractivity (Wildman–Crippen MR) is 127 cm³/mol. The van der Waals surface area contributed by atoms with Gasteiger partial charge in [0.25, 0.3) is 0 Å². The van der Waals surface area contributed by atoms with Crippen LogP contribution < -0.4 is 15.4 Å². The average Bonchev–Trinajstić information content (AvgIpc) is 3.20. The number of halogens is 1. The molecule has 0 aliphatic rings. The zero-order chi connectivity index (χ0) is 19.6. The van der Waals surface area contributed by atoms with Crippen LogP contribution in [0.3, 0.4) is 0 Å². The molecule has 6 nitrogen and oxygen atoms in total. The fraction of sp³-hybridized carbons (Fsp3) is 0.273. The maximum atomic E-state index is 5.81. The number of aryl methyl sites for hydroxylation is 1. The van der Waals surface area contributed by atoms with E-state index in [0.29, 0.717) is 25.6 Å². The minimum absolute atomic E-state index is 0. The molecule has 0 amide bonds. The summed E-state index contributed by atoms with van der Waals surface area (Å²) in [5, 5.41) is 6.50. The molecule has 0 radical (unpaired) electrons. The van der Waals surface area contributed by atoms with Crippen molar-refractivity contribution < 1.29 is 9.15 Å². The number of nitrogens with one attached hydrogen (secondary N) is 2. The summed E-state index contributed by atoms with van der Waals surface area (Å²) in [6.45, 7) is 6.48. The molecule has 2 aromatic carbocycles. The smallest absolute Gasteiger partial charge is 0.226 e. The van der Waals surface area contributed by atoms with Gasteiger partial charge >= 0.3 is 0 Å². The summed E-state index contributed by atoms with van der Waals surface area (Å²) in [6.07, 6.45) is 1.65. The highest BCUT2D eigenvalue weighted by atomic mass is 127.